The third-order valence-electron chi connectivity index (χ3n) is 6.49. The quantitative estimate of drug-likeness (QED) is 0.606. The fourth-order valence-corrected chi connectivity index (χ4v) is 5.08. The summed E-state index contributed by atoms with van der Waals surface area (Å²) in [7, 11) is 0. The molecular weight excluding hydrogens is 292 g/mol. The predicted octanol–water partition coefficient (Wildman–Crippen LogP) is 4.67. The third-order valence-corrected chi connectivity index (χ3v) is 6.49. The largest absolute Gasteiger partial charge is 0.346 e. The van der Waals surface area contributed by atoms with Crippen LogP contribution in [0.1, 0.15) is 73.6 Å². The Morgan fingerprint density at radius 3 is 2.35 bits per heavy atom. The SMILES string of the molecule is CCC.C[C@H]1[C@@H](C)O[C@@H]2O[C@]3(C)CC[C@H]4[C@H](C)CC[C@@H]1[C@@]24OO3. The predicted molar refractivity (Wildman–Crippen MR) is 88.5 cm³/mol. The average molecular weight is 326 g/mol. The Balaban J connectivity index is 0.000000485. The van der Waals surface area contributed by atoms with E-state index in [2.05, 4.69) is 34.6 Å². The van der Waals surface area contributed by atoms with E-state index in [9.17, 15) is 0 Å². The smallest absolute Gasteiger partial charge is 0.201 e. The number of hydrogen-bond donors (Lipinski definition) is 0. The molecule has 23 heavy (non-hydrogen) atoms. The van der Waals surface area contributed by atoms with Gasteiger partial charge >= 0.3 is 0 Å². The molecular formula is C19H34O4. The minimum absolute atomic E-state index is 0.219. The second-order valence-electron chi connectivity index (χ2n) is 8.32. The van der Waals surface area contributed by atoms with Crippen LogP contribution < -0.4 is 0 Å². The second kappa shape index (κ2) is 6.29. The fourth-order valence-electron chi connectivity index (χ4n) is 5.08. The monoisotopic (exact) mass is 326 g/mol. The Morgan fingerprint density at radius 2 is 1.65 bits per heavy atom. The lowest BCUT2D eigenvalue weighted by Gasteiger charge is -2.60. The molecule has 4 aliphatic heterocycles. The number of fused-ring (bicyclic) bond motifs is 2. The Labute approximate surface area is 141 Å². The Bertz CT molecular complexity index is 424. The molecule has 1 saturated carbocycles. The number of ether oxygens (including phenoxy) is 2. The van der Waals surface area contributed by atoms with Crippen molar-refractivity contribution in [1.82, 2.24) is 0 Å². The van der Waals surface area contributed by atoms with Gasteiger partial charge in [-0.15, -0.1) is 0 Å². The lowest BCUT2D eigenvalue weighted by molar-refractivity contribution is -0.570. The van der Waals surface area contributed by atoms with Crippen LogP contribution in [0.3, 0.4) is 0 Å². The van der Waals surface area contributed by atoms with E-state index in [1.165, 1.54) is 19.3 Å². The molecule has 4 nitrogen and oxygen atoms in total. The van der Waals surface area contributed by atoms with Crippen LogP contribution in [0.2, 0.25) is 0 Å². The van der Waals surface area contributed by atoms with Gasteiger partial charge in [0.15, 0.2) is 11.9 Å². The Morgan fingerprint density at radius 1 is 0.957 bits per heavy atom. The van der Waals surface area contributed by atoms with E-state index in [1.807, 2.05) is 6.92 Å². The van der Waals surface area contributed by atoms with Gasteiger partial charge < -0.3 is 9.47 Å². The van der Waals surface area contributed by atoms with Crippen molar-refractivity contribution in [2.45, 2.75) is 97.4 Å². The highest BCUT2D eigenvalue weighted by Gasteiger charge is 2.68. The van der Waals surface area contributed by atoms with Gasteiger partial charge in [-0.2, -0.15) is 0 Å². The third kappa shape index (κ3) is 2.66. The van der Waals surface area contributed by atoms with Crippen LogP contribution in [-0.4, -0.2) is 23.8 Å². The molecule has 4 heteroatoms. The van der Waals surface area contributed by atoms with Crippen LogP contribution in [0.4, 0.5) is 0 Å². The standard InChI is InChI=1S/C16H26O4.C3H8/c1-9-5-6-13-10(2)11(3)17-14-16(13)12(9)7-8-15(4,18-14)19-20-16;1-3-2/h9-14H,5-8H2,1-4H3;3H2,1-2H3/t9-,10+,11-,12+,13+,14-,15+,16-;/m1./s1. The first-order chi connectivity index (χ1) is 10.9. The van der Waals surface area contributed by atoms with Gasteiger partial charge in [-0.1, -0.05) is 34.1 Å². The summed E-state index contributed by atoms with van der Waals surface area (Å²) in [5, 5.41) is 0. The van der Waals surface area contributed by atoms with Crippen LogP contribution in [0.5, 0.6) is 0 Å². The molecule has 5 fully saturated rings. The minimum Gasteiger partial charge on any atom is -0.346 e. The molecule has 0 N–H and O–H groups in total. The van der Waals surface area contributed by atoms with E-state index in [1.54, 1.807) is 0 Å². The van der Waals surface area contributed by atoms with Gasteiger partial charge in [0.25, 0.3) is 0 Å². The van der Waals surface area contributed by atoms with E-state index in [0.717, 1.165) is 12.8 Å². The molecule has 1 spiro atoms. The zero-order valence-corrected chi connectivity index (χ0v) is 15.6. The van der Waals surface area contributed by atoms with E-state index < -0.39 is 5.79 Å². The van der Waals surface area contributed by atoms with Crippen LogP contribution in [-0.2, 0) is 19.2 Å². The van der Waals surface area contributed by atoms with Crippen molar-refractivity contribution >= 4 is 0 Å². The highest BCUT2D eigenvalue weighted by Crippen LogP contribution is 2.60. The topological polar surface area (TPSA) is 36.9 Å². The summed E-state index contributed by atoms with van der Waals surface area (Å²) in [5.41, 5.74) is -0.389. The second-order valence-corrected chi connectivity index (χ2v) is 8.32. The highest BCUT2D eigenvalue weighted by molar-refractivity contribution is 5.09. The fraction of sp³-hybridized carbons (Fsp3) is 1.00. The molecule has 4 saturated heterocycles. The van der Waals surface area contributed by atoms with Gasteiger partial charge in [0.1, 0.15) is 0 Å². The highest BCUT2D eigenvalue weighted by atomic mass is 17.3. The molecule has 134 valence electrons. The van der Waals surface area contributed by atoms with Gasteiger partial charge in [-0.05, 0) is 50.9 Å². The summed E-state index contributed by atoms with van der Waals surface area (Å²) in [4.78, 5) is 11.8. The van der Waals surface area contributed by atoms with Gasteiger partial charge in [-0.25, -0.2) is 9.78 Å². The lowest BCUT2D eigenvalue weighted by atomic mass is 9.57. The summed E-state index contributed by atoms with van der Waals surface area (Å²) in [5.74, 6) is 1.44. The molecule has 0 unspecified atom stereocenters. The van der Waals surface area contributed by atoms with Gasteiger partial charge in [-0.3, -0.25) is 0 Å². The molecule has 0 radical (unpaired) electrons. The van der Waals surface area contributed by atoms with Crippen LogP contribution in [0.15, 0.2) is 0 Å². The van der Waals surface area contributed by atoms with Crippen molar-refractivity contribution in [2.24, 2.45) is 23.7 Å². The Kier molecular flexibility index (Phi) is 4.83. The van der Waals surface area contributed by atoms with Crippen LogP contribution in [0.25, 0.3) is 0 Å². The van der Waals surface area contributed by atoms with Gasteiger partial charge in [0, 0.05) is 12.3 Å². The molecule has 0 aromatic rings. The first-order valence-electron chi connectivity index (χ1n) is 9.58. The van der Waals surface area contributed by atoms with E-state index in [-0.39, 0.29) is 18.0 Å². The van der Waals surface area contributed by atoms with Crippen molar-refractivity contribution in [1.29, 1.82) is 0 Å². The molecule has 5 rings (SSSR count). The average Bonchev–Trinajstić information content (AvgIpc) is 2.72. The van der Waals surface area contributed by atoms with Gasteiger partial charge in [0.2, 0.25) is 5.79 Å². The van der Waals surface area contributed by atoms with Crippen molar-refractivity contribution in [3.05, 3.63) is 0 Å². The summed E-state index contributed by atoms with van der Waals surface area (Å²) < 4.78 is 12.5. The molecule has 8 atom stereocenters. The van der Waals surface area contributed by atoms with Gasteiger partial charge in [0.05, 0.1) is 6.10 Å². The maximum atomic E-state index is 6.23. The first-order valence-corrected chi connectivity index (χ1v) is 9.58. The van der Waals surface area contributed by atoms with Crippen molar-refractivity contribution in [3.8, 4) is 0 Å². The number of rotatable bonds is 0. The van der Waals surface area contributed by atoms with E-state index >= 15 is 0 Å². The summed E-state index contributed by atoms with van der Waals surface area (Å²) in [6, 6.07) is 0. The molecule has 0 aromatic heterocycles. The summed E-state index contributed by atoms with van der Waals surface area (Å²) >= 11 is 0. The zero-order chi connectivity index (χ0) is 16.8. The maximum absolute atomic E-state index is 6.23. The lowest BCUT2D eigenvalue weighted by Crippen LogP contribution is -2.70. The van der Waals surface area contributed by atoms with Crippen molar-refractivity contribution in [3.63, 3.8) is 0 Å². The molecule has 4 heterocycles. The van der Waals surface area contributed by atoms with Crippen molar-refractivity contribution < 1.29 is 19.2 Å². The molecule has 2 bridgehead atoms. The molecule has 5 aliphatic rings. The van der Waals surface area contributed by atoms with Crippen molar-refractivity contribution in [2.75, 3.05) is 0 Å². The number of hydrogen-bond acceptors (Lipinski definition) is 4. The molecule has 1 aliphatic carbocycles. The van der Waals surface area contributed by atoms with Crippen LogP contribution in [0, 0.1) is 23.7 Å². The van der Waals surface area contributed by atoms with E-state index in [4.69, 9.17) is 19.2 Å². The van der Waals surface area contributed by atoms with E-state index in [0.29, 0.717) is 23.7 Å². The molecule has 0 amide bonds. The van der Waals surface area contributed by atoms with Crippen LogP contribution >= 0.6 is 0 Å². The normalized spacial score (nSPS) is 54.5. The summed E-state index contributed by atoms with van der Waals surface area (Å²) in [6.07, 6.45) is 5.66. The first kappa shape index (κ1) is 17.7. The Hall–Kier alpha value is -0.160. The zero-order valence-electron chi connectivity index (χ0n) is 15.6. The summed E-state index contributed by atoms with van der Waals surface area (Å²) in [6.45, 7) is 13.0. The maximum Gasteiger partial charge on any atom is 0.201 e. The minimum atomic E-state index is -0.641. The molecule has 0 aromatic carbocycles.